The number of amides is 1. The van der Waals surface area contributed by atoms with Crippen LogP contribution in [0.3, 0.4) is 0 Å². The Morgan fingerprint density at radius 2 is 2.05 bits per heavy atom. The molecule has 0 aromatic heterocycles. The third kappa shape index (κ3) is 4.07. The summed E-state index contributed by atoms with van der Waals surface area (Å²) in [6.07, 6.45) is 0.802. The molecule has 0 radical (unpaired) electrons. The molecule has 1 heterocycles. The summed E-state index contributed by atoms with van der Waals surface area (Å²) in [7, 11) is 0. The molecule has 0 unspecified atom stereocenters. The lowest BCUT2D eigenvalue weighted by Crippen LogP contribution is -2.32. The number of carbonyl (C=O) groups is 1. The van der Waals surface area contributed by atoms with Crippen molar-refractivity contribution in [1.29, 1.82) is 0 Å². The number of carbonyl (C=O) groups excluding carboxylic acids is 1. The van der Waals surface area contributed by atoms with E-state index in [-0.39, 0.29) is 11.3 Å². The molecule has 3 nitrogen and oxygen atoms in total. The Morgan fingerprint density at radius 3 is 2.62 bits per heavy atom. The fourth-order valence-electron chi connectivity index (χ4n) is 2.11. The van der Waals surface area contributed by atoms with Gasteiger partial charge in [0, 0.05) is 35.7 Å². The molecular formula is C16H23ClN2OS. The van der Waals surface area contributed by atoms with Gasteiger partial charge in [-0.2, -0.15) is 11.8 Å². The quantitative estimate of drug-likeness (QED) is 0.896. The van der Waals surface area contributed by atoms with Crippen LogP contribution in [0, 0.1) is 5.41 Å². The van der Waals surface area contributed by atoms with Gasteiger partial charge in [0.15, 0.2) is 0 Å². The first-order chi connectivity index (χ1) is 9.94. The lowest BCUT2D eigenvalue weighted by molar-refractivity contribution is -0.124. The molecular weight excluding hydrogens is 304 g/mol. The van der Waals surface area contributed by atoms with Crippen LogP contribution in [0.1, 0.15) is 27.2 Å². The Bertz CT molecular complexity index is 513. The van der Waals surface area contributed by atoms with Gasteiger partial charge in [0.1, 0.15) is 0 Å². The minimum Gasteiger partial charge on any atom is -0.369 e. The predicted octanol–water partition coefficient (Wildman–Crippen LogP) is 4.27. The second-order valence-electron chi connectivity index (χ2n) is 5.96. The molecule has 116 valence electrons. The second kappa shape index (κ2) is 6.93. The van der Waals surface area contributed by atoms with E-state index in [4.69, 9.17) is 11.6 Å². The Kier molecular flexibility index (Phi) is 5.44. The van der Waals surface area contributed by atoms with Crippen molar-refractivity contribution in [3.63, 3.8) is 0 Å². The van der Waals surface area contributed by atoms with E-state index in [2.05, 4.69) is 10.2 Å². The standard InChI is InChI=1S/C16H23ClN2OS/c1-4-16(2,3)15(20)18-12-5-6-14(13(17)11-12)19-7-9-21-10-8-19/h5-6,11H,4,7-10H2,1-3H3,(H,18,20). The van der Waals surface area contributed by atoms with Gasteiger partial charge in [-0.1, -0.05) is 32.4 Å². The highest BCUT2D eigenvalue weighted by atomic mass is 35.5. The maximum Gasteiger partial charge on any atom is 0.230 e. The molecule has 0 spiro atoms. The summed E-state index contributed by atoms with van der Waals surface area (Å²) in [5.74, 6) is 2.31. The molecule has 0 bridgehead atoms. The van der Waals surface area contributed by atoms with Gasteiger partial charge >= 0.3 is 0 Å². The van der Waals surface area contributed by atoms with Crippen LogP contribution in [-0.4, -0.2) is 30.5 Å². The summed E-state index contributed by atoms with van der Waals surface area (Å²) in [5, 5.41) is 3.66. The van der Waals surface area contributed by atoms with E-state index >= 15 is 0 Å². The van der Waals surface area contributed by atoms with Crippen molar-refractivity contribution in [3.8, 4) is 0 Å². The predicted molar refractivity (Wildman–Crippen MR) is 93.7 cm³/mol. The summed E-state index contributed by atoms with van der Waals surface area (Å²) in [6, 6.07) is 5.79. The molecule has 1 aromatic rings. The van der Waals surface area contributed by atoms with Gasteiger partial charge in [0.05, 0.1) is 10.7 Å². The van der Waals surface area contributed by atoms with Crippen molar-refractivity contribution < 1.29 is 4.79 Å². The van der Waals surface area contributed by atoms with Gasteiger partial charge in [-0.3, -0.25) is 4.79 Å². The first-order valence-corrected chi connectivity index (χ1v) is 8.91. The molecule has 1 fully saturated rings. The van der Waals surface area contributed by atoms with Gasteiger partial charge in [0.2, 0.25) is 5.91 Å². The zero-order valence-corrected chi connectivity index (χ0v) is 14.5. The van der Waals surface area contributed by atoms with Crippen molar-refractivity contribution >= 4 is 40.6 Å². The van der Waals surface area contributed by atoms with Gasteiger partial charge in [-0.05, 0) is 24.6 Å². The summed E-state index contributed by atoms with van der Waals surface area (Å²) in [5.41, 5.74) is 1.46. The van der Waals surface area contributed by atoms with E-state index < -0.39 is 0 Å². The highest BCUT2D eigenvalue weighted by Gasteiger charge is 2.25. The van der Waals surface area contributed by atoms with Crippen molar-refractivity contribution in [2.24, 2.45) is 5.41 Å². The smallest absolute Gasteiger partial charge is 0.230 e. The molecule has 1 saturated heterocycles. The number of rotatable bonds is 4. The van der Waals surface area contributed by atoms with E-state index in [0.717, 1.165) is 42.4 Å². The highest BCUT2D eigenvalue weighted by molar-refractivity contribution is 7.99. The molecule has 1 aliphatic rings. The normalized spacial score (nSPS) is 15.9. The number of benzene rings is 1. The molecule has 2 rings (SSSR count). The topological polar surface area (TPSA) is 32.3 Å². The second-order valence-corrected chi connectivity index (χ2v) is 7.59. The monoisotopic (exact) mass is 326 g/mol. The Morgan fingerprint density at radius 1 is 1.38 bits per heavy atom. The zero-order chi connectivity index (χ0) is 15.5. The van der Waals surface area contributed by atoms with Crippen molar-refractivity contribution in [2.75, 3.05) is 34.8 Å². The fourth-order valence-corrected chi connectivity index (χ4v) is 3.31. The Hall–Kier alpha value is -0.870. The summed E-state index contributed by atoms with van der Waals surface area (Å²) >= 11 is 8.37. The van der Waals surface area contributed by atoms with E-state index in [0.29, 0.717) is 5.02 Å². The lowest BCUT2D eigenvalue weighted by atomic mass is 9.89. The molecule has 1 N–H and O–H groups in total. The van der Waals surface area contributed by atoms with Crippen LogP contribution in [-0.2, 0) is 4.79 Å². The van der Waals surface area contributed by atoms with Crippen LogP contribution in [0.25, 0.3) is 0 Å². The average molecular weight is 327 g/mol. The lowest BCUT2D eigenvalue weighted by Gasteiger charge is -2.29. The molecule has 1 aliphatic heterocycles. The number of anilines is 2. The summed E-state index contributed by atoms with van der Waals surface area (Å²) < 4.78 is 0. The van der Waals surface area contributed by atoms with Crippen molar-refractivity contribution in [3.05, 3.63) is 23.2 Å². The number of hydrogen-bond donors (Lipinski definition) is 1. The van der Waals surface area contributed by atoms with Crippen molar-refractivity contribution in [2.45, 2.75) is 27.2 Å². The van der Waals surface area contributed by atoms with E-state index in [1.54, 1.807) is 0 Å². The highest BCUT2D eigenvalue weighted by Crippen LogP contribution is 2.31. The molecule has 0 saturated carbocycles. The van der Waals surface area contributed by atoms with Crippen LogP contribution in [0.2, 0.25) is 5.02 Å². The van der Waals surface area contributed by atoms with Gasteiger partial charge in [0.25, 0.3) is 0 Å². The Labute approximate surface area is 136 Å². The SMILES string of the molecule is CCC(C)(C)C(=O)Nc1ccc(N2CCSCC2)c(Cl)c1. The first kappa shape index (κ1) is 16.5. The van der Waals surface area contributed by atoms with E-state index in [1.807, 2.05) is 50.7 Å². The zero-order valence-electron chi connectivity index (χ0n) is 12.9. The van der Waals surface area contributed by atoms with Crippen LogP contribution >= 0.6 is 23.4 Å². The van der Waals surface area contributed by atoms with E-state index in [1.165, 1.54) is 0 Å². The van der Waals surface area contributed by atoms with Crippen LogP contribution < -0.4 is 10.2 Å². The van der Waals surface area contributed by atoms with Crippen LogP contribution in [0.15, 0.2) is 18.2 Å². The van der Waals surface area contributed by atoms with E-state index in [9.17, 15) is 4.79 Å². The molecule has 1 aromatic carbocycles. The summed E-state index contributed by atoms with van der Waals surface area (Å²) in [4.78, 5) is 14.5. The minimum atomic E-state index is -0.366. The maximum absolute atomic E-state index is 12.2. The fraction of sp³-hybridized carbons (Fsp3) is 0.562. The van der Waals surface area contributed by atoms with Gasteiger partial charge in [-0.25, -0.2) is 0 Å². The third-order valence-electron chi connectivity index (χ3n) is 4.06. The van der Waals surface area contributed by atoms with Gasteiger partial charge in [-0.15, -0.1) is 0 Å². The Balaban J connectivity index is 2.10. The molecule has 0 atom stereocenters. The molecule has 5 heteroatoms. The maximum atomic E-state index is 12.2. The largest absolute Gasteiger partial charge is 0.369 e. The van der Waals surface area contributed by atoms with Crippen LogP contribution in [0.5, 0.6) is 0 Å². The van der Waals surface area contributed by atoms with Gasteiger partial charge < -0.3 is 10.2 Å². The summed E-state index contributed by atoms with van der Waals surface area (Å²) in [6.45, 7) is 7.97. The number of thioether (sulfide) groups is 1. The molecule has 1 amide bonds. The number of hydrogen-bond acceptors (Lipinski definition) is 3. The third-order valence-corrected chi connectivity index (χ3v) is 5.30. The molecule has 21 heavy (non-hydrogen) atoms. The number of nitrogens with one attached hydrogen (secondary N) is 1. The van der Waals surface area contributed by atoms with Crippen LogP contribution in [0.4, 0.5) is 11.4 Å². The first-order valence-electron chi connectivity index (χ1n) is 7.38. The van der Waals surface area contributed by atoms with Crippen molar-refractivity contribution in [1.82, 2.24) is 0 Å². The number of halogens is 1. The minimum absolute atomic E-state index is 0.0307. The average Bonchev–Trinajstić information content (AvgIpc) is 2.48. The number of nitrogens with zero attached hydrogens (tertiary/aromatic N) is 1. The molecule has 0 aliphatic carbocycles.